The lowest BCUT2D eigenvalue weighted by molar-refractivity contribution is -0.116. The van der Waals surface area contributed by atoms with Gasteiger partial charge in [-0.05, 0) is 18.2 Å². The Hall–Kier alpha value is -2.21. The number of carbonyl (C=O) groups excluding carboxylic acids is 2. The fraction of sp³-hybridized carbons (Fsp3) is 0.231. The molecule has 0 saturated carbocycles. The topological polar surface area (TPSA) is 84.0 Å². The first-order valence-corrected chi connectivity index (χ1v) is 6.42. The van der Waals surface area contributed by atoms with Crippen LogP contribution in [0.4, 0.5) is 11.6 Å². The van der Waals surface area contributed by atoms with E-state index in [1.54, 1.807) is 25.1 Å². The number of fused-ring (bicyclic) bond motifs is 1. The van der Waals surface area contributed by atoms with E-state index < -0.39 is 0 Å². The minimum absolute atomic E-state index is 0.203. The quantitative estimate of drug-likeness (QED) is 0.910. The Morgan fingerprint density at radius 1 is 1.15 bits per heavy atom. The highest BCUT2D eigenvalue weighted by Crippen LogP contribution is 2.23. The number of hydrogen-bond acceptors (Lipinski definition) is 4. The summed E-state index contributed by atoms with van der Waals surface area (Å²) in [5, 5.41) is 5.68. The lowest BCUT2D eigenvalue weighted by Gasteiger charge is -2.10. The van der Waals surface area contributed by atoms with Gasteiger partial charge in [0.05, 0.1) is 11.0 Å². The molecule has 7 heteroatoms. The van der Waals surface area contributed by atoms with Gasteiger partial charge < -0.3 is 10.6 Å². The highest BCUT2D eigenvalue weighted by Gasteiger charge is 2.12. The van der Waals surface area contributed by atoms with Gasteiger partial charge in [0.1, 0.15) is 0 Å². The number of amides is 2. The molecule has 2 N–H and O–H groups in total. The Bertz CT molecular complexity index is 687. The molecule has 1 aromatic carbocycles. The van der Waals surface area contributed by atoms with Crippen molar-refractivity contribution in [3.8, 4) is 0 Å². The molecule has 0 aliphatic rings. The normalized spacial score (nSPS) is 10.3. The molecule has 0 atom stereocenters. The van der Waals surface area contributed by atoms with Gasteiger partial charge in [-0.25, -0.2) is 9.97 Å². The largest absolute Gasteiger partial charge is 0.308 e. The number of benzene rings is 1. The Kier molecular flexibility index (Phi) is 4.14. The predicted octanol–water partition coefficient (Wildman–Crippen LogP) is 2.59. The maximum absolute atomic E-state index is 11.5. The molecule has 1 aromatic heterocycles. The van der Waals surface area contributed by atoms with Crippen LogP contribution in [0, 0.1) is 0 Å². The highest BCUT2D eigenvalue weighted by atomic mass is 35.5. The van der Waals surface area contributed by atoms with E-state index in [9.17, 15) is 9.59 Å². The second kappa shape index (κ2) is 5.83. The third kappa shape index (κ3) is 3.21. The van der Waals surface area contributed by atoms with E-state index >= 15 is 0 Å². The summed E-state index contributed by atoms with van der Waals surface area (Å²) in [5.41, 5.74) is 1.12. The summed E-state index contributed by atoms with van der Waals surface area (Å²) in [5.74, 6) is -0.0807. The fourth-order valence-electron chi connectivity index (χ4n) is 1.59. The lowest BCUT2D eigenvalue weighted by atomic mass is 10.3. The van der Waals surface area contributed by atoms with Crippen LogP contribution in [0.2, 0.25) is 5.02 Å². The summed E-state index contributed by atoms with van der Waals surface area (Å²) >= 11 is 5.90. The molecule has 2 rings (SSSR count). The van der Waals surface area contributed by atoms with Crippen LogP contribution < -0.4 is 10.6 Å². The summed E-state index contributed by atoms with van der Waals surface area (Å²) in [6, 6.07) is 5.02. The van der Waals surface area contributed by atoms with Crippen molar-refractivity contribution in [1.82, 2.24) is 9.97 Å². The van der Waals surface area contributed by atoms with Gasteiger partial charge in [-0.15, -0.1) is 0 Å². The van der Waals surface area contributed by atoms with E-state index in [1.165, 1.54) is 6.92 Å². The predicted molar refractivity (Wildman–Crippen MR) is 77.8 cm³/mol. The van der Waals surface area contributed by atoms with Crippen LogP contribution in [0.5, 0.6) is 0 Å². The molecule has 0 spiro atoms. The molecule has 0 aliphatic heterocycles. The number of nitrogens with zero attached hydrogens (tertiary/aromatic N) is 2. The summed E-state index contributed by atoms with van der Waals surface area (Å²) in [6.45, 7) is 3.08. The van der Waals surface area contributed by atoms with Crippen LogP contribution in [0.3, 0.4) is 0 Å². The third-order valence-electron chi connectivity index (χ3n) is 2.50. The minimum Gasteiger partial charge on any atom is -0.308 e. The Morgan fingerprint density at radius 3 is 2.45 bits per heavy atom. The van der Waals surface area contributed by atoms with Crippen molar-refractivity contribution in [2.24, 2.45) is 0 Å². The van der Waals surface area contributed by atoms with Crippen molar-refractivity contribution in [1.29, 1.82) is 0 Å². The molecule has 2 aromatic rings. The van der Waals surface area contributed by atoms with Crippen LogP contribution in [0.15, 0.2) is 18.2 Å². The third-order valence-corrected chi connectivity index (χ3v) is 2.73. The molecule has 0 bridgehead atoms. The van der Waals surface area contributed by atoms with Crippen LogP contribution in [-0.4, -0.2) is 21.8 Å². The average Bonchev–Trinajstić information content (AvgIpc) is 2.38. The lowest BCUT2D eigenvalue weighted by Crippen LogP contribution is -2.16. The van der Waals surface area contributed by atoms with Gasteiger partial charge in [0.15, 0.2) is 11.6 Å². The molecule has 20 heavy (non-hydrogen) atoms. The molecule has 6 nitrogen and oxygen atoms in total. The molecule has 0 saturated heterocycles. The van der Waals surface area contributed by atoms with Crippen molar-refractivity contribution < 1.29 is 9.59 Å². The summed E-state index contributed by atoms with van der Waals surface area (Å²) in [7, 11) is 0. The molecule has 0 aliphatic carbocycles. The van der Waals surface area contributed by atoms with E-state index in [0.29, 0.717) is 22.5 Å². The van der Waals surface area contributed by atoms with Crippen LogP contribution in [0.1, 0.15) is 20.3 Å². The van der Waals surface area contributed by atoms with Gasteiger partial charge in [0.2, 0.25) is 11.8 Å². The maximum Gasteiger partial charge on any atom is 0.225 e. The van der Waals surface area contributed by atoms with Gasteiger partial charge in [-0.1, -0.05) is 18.5 Å². The van der Waals surface area contributed by atoms with Crippen LogP contribution >= 0.6 is 11.6 Å². The SMILES string of the molecule is CCC(=O)Nc1nc2ccc(Cl)cc2nc1NC(C)=O. The monoisotopic (exact) mass is 292 g/mol. The standard InChI is InChI=1S/C13H13ClN4O2/c1-3-11(20)18-13-12(15-7(2)19)17-10-6-8(14)4-5-9(10)16-13/h4-6H,3H2,1-2H3,(H,15,17,19)(H,16,18,20). The number of hydrogen-bond donors (Lipinski definition) is 2. The van der Waals surface area contributed by atoms with Crippen molar-refractivity contribution in [2.75, 3.05) is 10.6 Å². The number of aromatic nitrogens is 2. The minimum atomic E-state index is -0.298. The highest BCUT2D eigenvalue weighted by molar-refractivity contribution is 6.31. The molecule has 0 fully saturated rings. The second-order valence-corrected chi connectivity index (χ2v) is 4.57. The number of rotatable bonds is 3. The van der Waals surface area contributed by atoms with Gasteiger partial charge in [0.25, 0.3) is 0 Å². The van der Waals surface area contributed by atoms with Crippen molar-refractivity contribution in [2.45, 2.75) is 20.3 Å². The first kappa shape index (κ1) is 14.2. The first-order chi connectivity index (χ1) is 9.49. The van der Waals surface area contributed by atoms with Gasteiger partial charge >= 0.3 is 0 Å². The number of halogens is 1. The maximum atomic E-state index is 11.5. The molecule has 1 heterocycles. The van der Waals surface area contributed by atoms with Crippen LogP contribution in [-0.2, 0) is 9.59 Å². The number of nitrogens with one attached hydrogen (secondary N) is 2. The Labute approximate surface area is 120 Å². The van der Waals surface area contributed by atoms with Crippen molar-refractivity contribution in [3.63, 3.8) is 0 Å². The van der Waals surface area contributed by atoms with Crippen molar-refractivity contribution >= 4 is 46.1 Å². The molecule has 104 valence electrons. The summed E-state index contributed by atoms with van der Waals surface area (Å²) < 4.78 is 0. The zero-order chi connectivity index (χ0) is 14.7. The van der Waals surface area contributed by atoms with Crippen molar-refractivity contribution in [3.05, 3.63) is 23.2 Å². The van der Waals surface area contributed by atoms with Gasteiger partial charge in [-0.3, -0.25) is 9.59 Å². The molecular formula is C13H13ClN4O2. The second-order valence-electron chi connectivity index (χ2n) is 4.14. The van der Waals surface area contributed by atoms with Crippen LogP contribution in [0.25, 0.3) is 11.0 Å². The van der Waals surface area contributed by atoms with E-state index in [4.69, 9.17) is 11.6 Å². The molecular weight excluding hydrogens is 280 g/mol. The fourth-order valence-corrected chi connectivity index (χ4v) is 1.76. The first-order valence-electron chi connectivity index (χ1n) is 6.04. The Morgan fingerprint density at radius 2 is 1.80 bits per heavy atom. The van der Waals surface area contributed by atoms with E-state index in [0.717, 1.165) is 0 Å². The molecule has 0 radical (unpaired) electrons. The van der Waals surface area contributed by atoms with E-state index in [2.05, 4.69) is 20.6 Å². The molecule has 0 unspecified atom stereocenters. The van der Waals surface area contributed by atoms with E-state index in [-0.39, 0.29) is 23.5 Å². The summed E-state index contributed by atoms with van der Waals surface area (Å²) in [4.78, 5) is 31.3. The average molecular weight is 293 g/mol. The van der Waals surface area contributed by atoms with Gasteiger partial charge in [0, 0.05) is 18.4 Å². The number of anilines is 2. The summed E-state index contributed by atoms with van der Waals surface area (Å²) in [6.07, 6.45) is 0.305. The zero-order valence-electron chi connectivity index (χ0n) is 11.0. The number of carbonyl (C=O) groups is 2. The van der Waals surface area contributed by atoms with Gasteiger partial charge in [-0.2, -0.15) is 0 Å². The van der Waals surface area contributed by atoms with E-state index in [1.807, 2.05) is 0 Å². The smallest absolute Gasteiger partial charge is 0.225 e. The zero-order valence-corrected chi connectivity index (χ0v) is 11.8. The molecule has 2 amide bonds. The Balaban J connectivity index is 2.53.